The van der Waals surface area contributed by atoms with Crippen LogP contribution in [0.4, 0.5) is 0 Å². The average Bonchev–Trinajstić information content (AvgIpc) is 2.79. The molecule has 0 radical (unpaired) electrons. The predicted octanol–water partition coefficient (Wildman–Crippen LogP) is 3.23. The molecule has 5 nitrogen and oxygen atoms in total. The second-order valence-corrected chi connectivity index (χ2v) is 8.84. The van der Waals surface area contributed by atoms with Crippen molar-refractivity contribution in [2.45, 2.75) is 19.4 Å². The second kappa shape index (κ2) is 11.2. The fourth-order valence-corrected chi connectivity index (χ4v) is 4.67. The number of benzene rings is 2. The first kappa shape index (κ1) is 22.4. The van der Waals surface area contributed by atoms with E-state index in [9.17, 15) is 9.59 Å². The van der Waals surface area contributed by atoms with E-state index >= 15 is 0 Å². The van der Waals surface area contributed by atoms with Crippen LogP contribution in [-0.2, 0) is 20.7 Å². The monoisotopic (exact) mass is 426 g/mol. The van der Waals surface area contributed by atoms with Crippen LogP contribution in [0, 0.1) is 12.8 Å². The van der Waals surface area contributed by atoms with Crippen LogP contribution in [0.15, 0.2) is 54.6 Å². The van der Waals surface area contributed by atoms with Crippen molar-refractivity contribution < 1.29 is 14.3 Å². The molecule has 1 saturated heterocycles. The first-order valence-corrected chi connectivity index (χ1v) is 11.5. The van der Waals surface area contributed by atoms with Gasteiger partial charge in [-0.25, -0.2) is 0 Å². The first-order chi connectivity index (χ1) is 14.6. The summed E-state index contributed by atoms with van der Waals surface area (Å²) in [7, 11) is 1.39. The molecular formula is C24H30N2O3S. The highest BCUT2D eigenvalue weighted by atomic mass is 32.2. The van der Waals surface area contributed by atoms with E-state index in [-0.39, 0.29) is 24.5 Å². The maximum atomic E-state index is 13.2. The van der Waals surface area contributed by atoms with Crippen LogP contribution in [0.25, 0.3) is 0 Å². The van der Waals surface area contributed by atoms with E-state index in [1.807, 2.05) is 73.3 Å². The van der Waals surface area contributed by atoms with E-state index in [1.165, 1.54) is 12.7 Å². The van der Waals surface area contributed by atoms with Crippen molar-refractivity contribution in [3.8, 4) is 0 Å². The zero-order chi connectivity index (χ0) is 21.3. The molecule has 2 unspecified atom stereocenters. The lowest BCUT2D eigenvalue weighted by molar-refractivity contribution is -0.145. The Hall–Kier alpha value is -2.31. The molecule has 1 aliphatic rings. The number of esters is 1. The van der Waals surface area contributed by atoms with Crippen LogP contribution >= 0.6 is 11.8 Å². The third-order valence-electron chi connectivity index (χ3n) is 5.43. The largest absolute Gasteiger partial charge is 0.469 e. The van der Waals surface area contributed by atoms with Crippen LogP contribution in [0.3, 0.4) is 0 Å². The number of amides is 1. The van der Waals surface area contributed by atoms with E-state index < -0.39 is 5.92 Å². The van der Waals surface area contributed by atoms with Crippen LogP contribution in [0.5, 0.6) is 0 Å². The molecule has 30 heavy (non-hydrogen) atoms. The summed E-state index contributed by atoms with van der Waals surface area (Å²) < 4.78 is 5.00. The lowest BCUT2D eigenvalue weighted by Gasteiger charge is -2.34. The lowest BCUT2D eigenvalue weighted by atomic mass is 9.98. The molecule has 1 amide bonds. The van der Waals surface area contributed by atoms with Crippen LogP contribution in [0.2, 0.25) is 0 Å². The van der Waals surface area contributed by atoms with Gasteiger partial charge in [-0.1, -0.05) is 60.2 Å². The summed E-state index contributed by atoms with van der Waals surface area (Å²) in [5.41, 5.74) is 3.21. The number of carbonyl (C=O) groups excluding carboxylic acids is 2. The summed E-state index contributed by atoms with van der Waals surface area (Å²) in [5, 5.41) is 3.04. The molecule has 2 aromatic carbocycles. The Morgan fingerprint density at radius 1 is 1.07 bits per heavy atom. The first-order valence-electron chi connectivity index (χ1n) is 10.4. The van der Waals surface area contributed by atoms with Crippen molar-refractivity contribution >= 4 is 23.6 Å². The number of hydrogen-bond acceptors (Lipinski definition) is 5. The minimum Gasteiger partial charge on any atom is -0.469 e. The van der Waals surface area contributed by atoms with Crippen molar-refractivity contribution in [3.63, 3.8) is 0 Å². The van der Waals surface area contributed by atoms with Gasteiger partial charge in [-0.15, -0.1) is 0 Å². The van der Waals surface area contributed by atoms with Gasteiger partial charge in [-0.05, 0) is 24.5 Å². The van der Waals surface area contributed by atoms with Crippen molar-refractivity contribution in [2.75, 3.05) is 38.2 Å². The number of aryl methyl sites for hydroxylation is 1. The Labute approximate surface area is 183 Å². The molecule has 2 atom stereocenters. The Kier molecular flexibility index (Phi) is 8.34. The smallest absolute Gasteiger partial charge is 0.310 e. The Balaban J connectivity index is 1.70. The number of methoxy groups -OCH3 is 1. The van der Waals surface area contributed by atoms with Gasteiger partial charge in [0.2, 0.25) is 5.91 Å². The van der Waals surface area contributed by atoms with Crippen molar-refractivity contribution in [2.24, 2.45) is 5.92 Å². The van der Waals surface area contributed by atoms with E-state index in [1.54, 1.807) is 0 Å². The number of ether oxygens (including phenoxy) is 1. The van der Waals surface area contributed by atoms with E-state index in [2.05, 4.69) is 10.2 Å². The van der Waals surface area contributed by atoms with Crippen LogP contribution in [0.1, 0.15) is 22.7 Å². The number of hydrogen-bond donors (Lipinski definition) is 1. The minimum atomic E-state index is -0.421. The zero-order valence-corrected chi connectivity index (χ0v) is 18.5. The van der Waals surface area contributed by atoms with Gasteiger partial charge in [0.25, 0.3) is 0 Å². The summed E-state index contributed by atoms with van der Waals surface area (Å²) in [4.78, 5) is 27.8. The number of rotatable bonds is 8. The predicted molar refractivity (Wildman–Crippen MR) is 121 cm³/mol. The maximum absolute atomic E-state index is 13.2. The van der Waals surface area contributed by atoms with Gasteiger partial charge < -0.3 is 10.1 Å². The lowest BCUT2D eigenvalue weighted by Crippen LogP contribution is -2.46. The summed E-state index contributed by atoms with van der Waals surface area (Å²) in [6.07, 6.45) is 0.531. The fourth-order valence-electron chi connectivity index (χ4n) is 3.73. The van der Waals surface area contributed by atoms with Gasteiger partial charge in [0, 0.05) is 31.1 Å². The maximum Gasteiger partial charge on any atom is 0.310 e. The Morgan fingerprint density at radius 3 is 2.37 bits per heavy atom. The number of nitrogens with one attached hydrogen (secondary N) is 1. The molecule has 0 saturated carbocycles. The Bertz CT molecular complexity index is 820. The molecule has 1 heterocycles. The normalized spacial score (nSPS) is 16.5. The molecule has 1 N–H and O–H groups in total. The second-order valence-electron chi connectivity index (χ2n) is 7.62. The number of nitrogens with zero attached hydrogens (tertiary/aromatic N) is 1. The third-order valence-corrected chi connectivity index (χ3v) is 6.38. The van der Waals surface area contributed by atoms with Crippen LogP contribution in [-0.4, -0.2) is 55.0 Å². The summed E-state index contributed by atoms with van der Waals surface area (Å²) in [5.74, 6) is 1.26. The van der Waals surface area contributed by atoms with Crippen molar-refractivity contribution in [3.05, 3.63) is 71.3 Å². The minimum absolute atomic E-state index is 0.0640. The summed E-state index contributed by atoms with van der Waals surface area (Å²) >= 11 is 1.92. The van der Waals surface area contributed by atoms with Crippen LogP contribution < -0.4 is 5.32 Å². The third kappa shape index (κ3) is 6.09. The molecule has 0 spiro atoms. The quantitative estimate of drug-likeness (QED) is 0.657. The highest BCUT2D eigenvalue weighted by molar-refractivity contribution is 7.99. The number of thioether (sulfide) groups is 1. The van der Waals surface area contributed by atoms with E-state index in [0.29, 0.717) is 6.42 Å². The molecule has 2 aromatic rings. The van der Waals surface area contributed by atoms with Gasteiger partial charge in [-0.2, -0.15) is 11.8 Å². The molecule has 0 bridgehead atoms. The summed E-state index contributed by atoms with van der Waals surface area (Å²) in [6, 6.07) is 17.6. The topological polar surface area (TPSA) is 58.6 Å². The van der Waals surface area contributed by atoms with Gasteiger partial charge in [0.15, 0.2) is 0 Å². The highest BCUT2D eigenvalue weighted by Gasteiger charge is 2.30. The van der Waals surface area contributed by atoms with E-state index in [4.69, 9.17) is 4.74 Å². The molecule has 3 rings (SSSR count). The SMILES string of the molecule is COC(=O)C(CNC(=O)C(c1ccccc1)N1CCSCC1)Cc1ccc(C)cc1. The molecule has 1 fully saturated rings. The molecule has 0 aliphatic carbocycles. The van der Waals surface area contributed by atoms with Crippen molar-refractivity contribution in [1.82, 2.24) is 10.2 Å². The van der Waals surface area contributed by atoms with Gasteiger partial charge in [-0.3, -0.25) is 14.5 Å². The number of carbonyl (C=O) groups is 2. The standard InChI is InChI=1S/C24H30N2O3S/c1-18-8-10-19(11-9-18)16-21(24(28)29-2)17-25-23(27)22(20-6-4-3-5-7-20)26-12-14-30-15-13-26/h3-11,21-22H,12-17H2,1-2H3,(H,25,27). The van der Waals surface area contributed by atoms with E-state index in [0.717, 1.165) is 35.7 Å². The molecular weight excluding hydrogens is 396 g/mol. The fraction of sp³-hybridized carbons (Fsp3) is 0.417. The molecule has 0 aromatic heterocycles. The highest BCUT2D eigenvalue weighted by Crippen LogP contribution is 2.24. The average molecular weight is 427 g/mol. The Morgan fingerprint density at radius 2 is 1.73 bits per heavy atom. The molecule has 160 valence electrons. The van der Waals surface area contributed by atoms with Gasteiger partial charge in [0.1, 0.15) is 6.04 Å². The van der Waals surface area contributed by atoms with Gasteiger partial charge in [0.05, 0.1) is 13.0 Å². The molecule has 1 aliphatic heterocycles. The zero-order valence-electron chi connectivity index (χ0n) is 17.7. The van der Waals surface area contributed by atoms with Crippen molar-refractivity contribution in [1.29, 1.82) is 0 Å². The summed E-state index contributed by atoms with van der Waals surface area (Å²) in [6.45, 7) is 4.04. The molecule has 6 heteroatoms. The van der Waals surface area contributed by atoms with Gasteiger partial charge >= 0.3 is 5.97 Å².